The van der Waals surface area contributed by atoms with Crippen molar-refractivity contribution in [2.45, 2.75) is 12.5 Å². The summed E-state index contributed by atoms with van der Waals surface area (Å²) in [6, 6.07) is 5.08. The molecule has 1 aromatic carbocycles. The molecule has 82 valence electrons. The van der Waals surface area contributed by atoms with Crippen LogP contribution in [0.2, 0.25) is 0 Å². The summed E-state index contributed by atoms with van der Waals surface area (Å²) in [5.41, 5.74) is 0.719. The van der Waals surface area contributed by atoms with Gasteiger partial charge < -0.3 is 5.11 Å². The lowest BCUT2D eigenvalue weighted by atomic mass is 10.1. The molecule has 0 heterocycles. The fraction of sp³-hybridized carbons (Fsp3) is 0.222. The Morgan fingerprint density at radius 1 is 1.53 bits per heavy atom. The van der Waals surface area contributed by atoms with E-state index in [-0.39, 0.29) is 12.2 Å². The molecule has 0 aliphatic carbocycles. The largest absolute Gasteiger partial charge is 0.480 e. The molecular formula is C9H9ClFNO3. The highest BCUT2D eigenvalue weighted by molar-refractivity contribution is 6.14. The number of benzene rings is 1. The first-order chi connectivity index (χ1) is 7.17. The van der Waals surface area contributed by atoms with E-state index in [1.165, 1.54) is 12.1 Å². The Balaban J connectivity index is 2.67. The Morgan fingerprint density at radius 3 is 2.53 bits per heavy atom. The molecule has 0 fully saturated rings. The lowest BCUT2D eigenvalue weighted by Gasteiger charge is -2.09. The van der Waals surface area contributed by atoms with Crippen molar-refractivity contribution in [2.75, 3.05) is 0 Å². The zero-order chi connectivity index (χ0) is 11.3. The summed E-state index contributed by atoms with van der Waals surface area (Å²) in [7, 11) is 0. The zero-order valence-corrected chi connectivity index (χ0v) is 8.37. The summed E-state index contributed by atoms with van der Waals surface area (Å²) in [5.74, 6) is -0.972. The monoisotopic (exact) mass is 233 g/mol. The molecule has 0 aliphatic heterocycles. The maximum Gasteiger partial charge on any atom is 0.322 e. The van der Waals surface area contributed by atoms with Gasteiger partial charge in [-0.25, -0.2) is 4.84 Å². The van der Waals surface area contributed by atoms with Crippen molar-refractivity contribution in [1.82, 2.24) is 4.84 Å². The molecule has 0 amide bonds. The minimum absolute atomic E-state index is 0.0736. The standard InChI is InChI=1S/C9H9ClFNO3/c10-12-8(9(13)14)5-6-1-3-7(15-11)4-2-6/h1-4,8,12H,5H2,(H,13,14)/t8-/m0/s1. The third kappa shape index (κ3) is 3.38. The third-order valence-corrected chi connectivity index (χ3v) is 2.15. The van der Waals surface area contributed by atoms with Gasteiger partial charge in [0.1, 0.15) is 6.04 Å². The van der Waals surface area contributed by atoms with Crippen molar-refractivity contribution in [1.29, 1.82) is 0 Å². The van der Waals surface area contributed by atoms with E-state index in [0.717, 1.165) is 5.56 Å². The van der Waals surface area contributed by atoms with E-state index in [1.807, 2.05) is 0 Å². The van der Waals surface area contributed by atoms with Gasteiger partial charge in [0.2, 0.25) is 0 Å². The van der Waals surface area contributed by atoms with Gasteiger partial charge in [-0.3, -0.25) is 9.74 Å². The lowest BCUT2D eigenvalue weighted by Crippen LogP contribution is -2.32. The summed E-state index contributed by atoms with van der Waals surface area (Å²) in [4.78, 5) is 16.3. The van der Waals surface area contributed by atoms with Crippen molar-refractivity contribution in [3.63, 3.8) is 0 Å². The molecule has 0 aliphatic rings. The fourth-order valence-electron chi connectivity index (χ4n) is 1.09. The van der Waals surface area contributed by atoms with Crippen LogP contribution < -0.4 is 9.78 Å². The Morgan fingerprint density at radius 2 is 2.13 bits per heavy atom. The molecule has 15 heavy (non-hydrogen) atoms. The molecule has 1 atom stereocenters. The number of halogens is 2. The van der Waals surface area contributed by atoms with Crippen LogP contribution in [0.1, 0.15) is 5.56 Å². The van der Waals surface area contributed by atoms with Gasteiger partial charge in [-0.05, 0) is 35.9 Å². The normalized spacial score (nSPS) is 12.1. The van der Waals surface area contributed by atoms with Crippen molar-refractivity contribution in [3.05, 3.63) is 29.8 Å². The first-order valence-electron chi connectivity index (χ1n) is 4.14. The molecule has 0 saturated carbocycles. The minimum Gasteiger partial charge on any atom is -0.480 e. The van der Waals surface area contributed by atoms with Gasteiger partial charge in [0.05, 0.1) is 0 Å². The number of hydrogen-bond donors (Lipinski definition) is 2. The lowest BCUT2D eigenvalue weighted by molar-refractivity contribution is -0.138. The number of carboxylic acids is 1. The van der Waals surface area contributed by atoms with Crippen molar-refractivity contribution in [3.8, 4) is 5.75 Å². The second kappa shape index (κ2) is 5.53. The highest BCUT2D eigenvalue weighted by Gasteiger charge is 2.16. The molecular weight excluding hydrogens is 225 g/mol. The van der Waals surface area contributed by atoms with Crippen LogP contribution in [-0.2, 0) is 11.2 Å². The molecule has 0 radical (unpaired) electrons. The molecule has 4 nitrogen and oxygen atoms in total. The quantitative estimate of drug-likeness (QED) is 0.760. The van der Waals surface area contributed by atoms with Gasteiger partial charge in [-0.15, -0.1) is 0 Å². The molecule has 0 unspecified atom stereocenters. The number of carboxylic acid groups (broad SMARTS) is 1. The fourth-order valence-corrected chi connectivity index (χ4v) is 1.26. The van der Waals surface area contributed by atoms with E-state index in [4.69, 9.17) is 16.9 Å². The first kappa shape index (κ1) is 11.7. The van der Waals surface area contributed by atoms with Crippen LogP contribution >= 0.6 is 11.8 Å². The minimum atomic E-state index is -1.05. The van der Waals surface area contributed by atoms with Crippen LogP contribution in [-0.4, -0.2) is 17.1 Å². The predicted octanol–water partition coefficient (Wildman–Crippen LogP) is 1.69. The molecule has 0 saturated heterocycles. The second-order valence-corrected chi connectivity index (χ2v) is 3.14. The Hall–Kier alpha value is -1.33. The van der Waals surface area contributed by atoms with Crippen LogP contribution in [0, 0.1) is 0 Å². The Labute approximate surface area is 90.6 Å². The topological polar surface area (TPSA) is 58.6 Å². The van der Waals surface area contributed by atoms with Crippen LogP contribution in [0.4, 0.5) is 4.53 Å². The average molecular weight is 234 g/mol. The molecule has 1 rings (SSSR count). The van der Waals surface area contributed by atoms with Crippen molar-refractivity contribution in [2.24, 2.45) is 0 Å². The Kier molecular flexibility index (Phi) is 4.33. The van der Waals surface area contributed by atoms with E-state index in [0.29, 0.717) is 0 Å². The third-order valence-electron chi connectivity index (χ3n) is 1.88. The summed E-state index contributed by atoms with van der Waals surface area (Å²) in [5, 5.41) is 8.70. The van der Waals surface area contributed by atoms with Crippen molar-refractivity contribution >= 4 is 17.7 Å². The van der Waals surface area contributed by atoms with E-state index >= 15 is 0 Å². The number of rotatable bonds is 5. The molecule has 2 N–H and O–H groups in total. The first-order valence-corrected chi connectivity index (χ1v) is 4.51. The second-order valence-electron chi connectivity index (χ2n) is 2.93. The predicted molar refractivity (Wildman–Crippen MR) is 52.3 cm³/mol. The molecule has 0 aromatic heterocycles. The number of aliphatic carboxylic acids is 1. The summed E-state index contributed by atoms with van der Waals surface area (Å²) in [6.45, 7) is 0. The average Bonchev–Trinajstić information content (AvgIpc) is 2.26. The zero-order valence-electron chi connectivity index (χ0n) is 7.61. The van der Waals surface area contributed by atoms with Gasteiger partial charge in [0.25, 0.3) is 0 Å². The van der Waals surface area contributed by atoms with E-state index in [2.05, 4.69) is 9.78 Å². The van der Waals surface area contributed by atoms with Crippen LogP contribution in [0.3, 0.4) is 0 Å². The maximum absolute atomic E-state index is 11.7. The molecule has 1 aromatic rings. The van der Waals surface area contributed by atoms with Crippen LogP contribution in [0.5, 0.6) is 5.75 Å². The van der Waals surface area contributed by atoms with Crippen molar-refractivity contribution < 1.29 is 19.4 Å². The van der Waals surface area contributed by atoms with Gasteiger partial charge in [0.15, 0.2) is 5.75 Å². The van der Waals surface area contributed by atoms with Gasteiger partial charge in [0, 0.05) is 4.53 Å². The maximum atomic E-state index is 11.7. The van der Waals surface area contributed by atoms with Crippen LogP contribution in [0.25, 0.3) is 0 Å². The van der Waals surface area contributed by atoms with Crippen LogP contribution in [0.15, 0.2) is 24.3 Å². The van der Waals surface area contributed by atoms with Gasteiger partial charge in [-0.1, -0.05) is 12.1 Å². The SMILES string of the molecule is O=C(O)[C@H](Cc1ccc(OF)cc1)NCl. The Bertz CT molecular complexity index is 331. The number of nitrogens with one attached hydrogen (secondary N) is 1. The summed E-state index contributed by atoms with van der Waals surface area (Å²) < 4.78 is 11.7. The van der Waals surface area contributed by atoms with Gasteiger partial charge in [-0.2, -0.15) is 0 Å². The van der Waals surface area contributed by atoms with E-state index in [9.17, 15) is 9.32 Å². The highest BCUT2D eigenvalue weighted by atomic mass is 35.5. The smallest absolute Gasteiger partial charge is 0.322 e. The van der Waals surface area contributed by atoms with E-state index < -0.39 is 12.0 Å². The number of hydrogen-bond acceptors (Lipinski definition) is 3. The summed E-state index contributed by atoms with van der Waals surface area (Å²) in [6.07, 6.45) is 0.214. The molecule has 0 spiro atoms. The number of carbonyl (C=O) groups is 1. The van der Waals surface area contributed by atoms with E-state index in [1.54, 1.807) is 12.1 Å². The summed E-state index contributed by atoms with van der Waals surface area (Å²) >= 11 is 5.26. The highest BCUT2D eigenvalue weighted by Crippen LogP contribution is 2.13. The molecule has 6 heteroatoms. The molecule has 0 bridgehead atoms. The van der Waals surface area contributed by atoms with Gasteiger partial charge >= 0.3 is 5.97 Å².